The van der Waals surface area contributed by atoms with Crippen molar-refractivity contribution < 1.29 is 14.0 Å². The molecule has 2 rings (SSSR count). The molecule has 0 saturated heterocycles. The number of carbonyl (C=O) groups is 2. The van der Waals surface area contributed by atoms with Gasteiger partial charge < -0.3 is 10.2 Å². The topological polar surface area (TPSA) is 49.4 Å². The highest BCUT2D eigenvalue weighted by Gasteiger charge is 2.13. The van der Waals surface area contributed by atoms with Crippen molar-refractivity contribution in [3.05, 3.63) is 59.9 Å². The Morgan fingerprint density at radius 2 is 1.91 bits per heavy atom. The zero-order valence-electron chi connectivity index (χ0n) is 12.9. The first-order valence-corrected chi connectivity index (χ1v) is 8.18. The Morgan fingerprint density at radius 3 is 2.61 bits per heavy atom. The zero-order valence-corrected chi connectivity index (χ0v) is 13.7. The lowest BCUT2D eigenvalue weighted by molar-refractivity contribution is -0.117. The first-order valence-electron chi connectivity index (χ1n) is 6.95. The molecule has 0 spiro atoms. The van der Waals surface area contributed by atoms with Crippen molar-refractivity contribution >= 4 is 29.3 Å². The summed E-state index contributed by atoms with van der Waals surface area (Å²) in [5, 5.41) is 2.50. The quantitative estimate of drug-likeness (QED) is 0.857. The number of nitrogens with zero attached hydrogens (tertiary/aromatic N) is 1. The molecular formula is C17H17FN2O2S. The molecule has 23 heavy (non-hydrogen) atoms. The van der Waals surface area contributed by atoms with Gasteiger partial charge in [0.15, 0.2) is 0 Å². The fourth-order valence-corrected chi connectivity index (χ4v) is 2.42. The zero-order chi connectivity index (χ0) is 16.8. The third kappa shape index (κ3) is 4.56. The van der Waals surface area contributed by atoms with Crippen molar-refractivity contribution in [3.8, 4) is 0 Å². The lowest BCUT2D eigenvalue weighted by Crippen LogP contribution is -2.38. The van der Waals surface area contributed by atoms with Gasteiger partial charge in [-0.2, -0.15) is 0 Å². The average Bonchev–Trinajstić information content (AvgIpc) is 2.58. The minimum absolute atomic E-state index is 0.157. The molecular weight excluding hydrogens is 315 g/mol. The minimum Gasteiger partial charge on any atom is -0.343 e. The van der Waals surface area contributed by atoms with Crippen LogP contribution in [0.3, 0.4) is 0 Å². The van der Waals surface area contributed by atoms with Crippen LogP contribution in [0.4, 0.5) is 10.1 Å². The van der Waals surface area contributed by atoms with Crippen LogP contribution in [-0.4, -0.2) is 31.7 Å². The van der Waals surface area contributed by atoms with Crippen LogP contribution >= 0.6 is 11.8 Å². The molecule has 120 valence electrons. The Morgan fingerprint density at radius 1 is 1.17 bits per heavy atom. The number of thioether (sulfide) groups is 1. The summed E-state index contributed by atoms with van der Waals surface area (Å²) in [7, 11) is 1.65. The number of hydrogen-bond donors (Lipinski definition) is 1. The summed E-state index contributed by atoms with van der Waals surface area (Å²) >= 11 is 1.59. The molecule has 0 saturated carbocycles. The summed E-state index contributed by atoms with van der Waals surface area (Å²) in [6.07, 6.45) is 1.96. The summed E-state index contributed by atoms with van der Waals surface area (Å²) in [6, 6.07) is 12.9. The van der Waals surface area contributed by atoms with Crippen LogP contribution in [0.5, 0.6) is 0 Å². The second-order valence-electron chi connectivity index (χ2n) is 4.85. The SMILES string of the molecule is CSc1cccc(N(C)C(=O)CNC(=O)c2cccc(F)c2)c1. The number of benzene rings is 2. The van der Waals surface area contributed by atoms with Gasteiger partial charge in [0.25, 0.3) is 5.91 Å². The van der Waals surface area contributed by atoms with Crippen molar-refractivity contribution in [1.29, 1.82) is 0 Å². The second-order valence-corrected chi connectivity index (χ2v) is 5.73. The van der Waals surface area contributed by atoms with Crippen LogP contribution in [0.25, 0.3) is 0 Å². The van der Waals surface area contributed by atoms with E-state index >= 15 is 0 Å². The molecule has 0 aromatic heterocycles. The van der Waals surface area contributed by atoms with E-state index in [0.717, 1.165) is 16.6 Å². The van der Waals surface area contributed by atoms with Crippen molar-refractivity contribution in [1.82, 2.24) is 5.32 Å². The highest BCUT2D eigenvalue weighted by Crippen LogP contribution is 2.21. The van der Waals surface area contributed by atoms with Crippen LogP contribution in [0.1, 0.15) is 10.4 Å². The summed E-state index contributed by atoms with van der Waals surface area (Å²) in [5.74, 6) is -1.23. The van der Waals surface area contributed by atoms with Crippen LogP contribution in [0.2, 0.25) is 0 Å². The molecule has 0 bridgehead atoms. The maximum atomic E-state index is 13.1. The van der Waals surface area contributed by atoms with E-state index in [1.165, 1.54) is 23.1 Å². The van der Waals surface area contributed by atoms with Gasteiger partial charge in [0, 0.05) is 23.2 Å². The highest BCUT2D eigenvalue weighted by molar-refractivity contribution is 7.98. The van der Waals surface area contributed by atoms with Crippen molar-refractivity contribution in [2.24, 2.45) is 0 Å². The molecule has 0 unspecified atom stereocenters. The van der Waals surface area contributed by atoms with Crippen LogP contribution in [-0.2, 0) is 4.79 Å². The molecule has 2 aromatic carbocycles. The van der Waals surface area contributed by atoms with Gasteiger partial charge in [0.05, 0.1) is 6.54 Å². The van der Waals surface area contributed by atoms with Gasteiger partial charge in [-0.05, 0) is 42.7 Å². The molecule has 0 fully saturated rings. The number of hydrogen-bond acceptors (Lipinski definition) is 3. The molecule has 6 heteroatoms. The Kier molecular flexibility index (Phi) is 5.76. The maximum Gasteiger partial charge on any atom is 0.251 e. The van der Waals surface area contributed by atoms with E-state index in [2.05, 4.69) is 5.32 Å². The van der Waals surface area contributed by atoms with Gasteiger partial charge >= 0.3 is 0 Å². The molecule has 0 heterocycles. The third-order valence-electron chi connectivity index (χ3n) is 3.30. The van der Waals surface area contributed by atoms with Gasteiger partial charge in [-0.25, -0.2) is 4.39 Å². The van der Waals surface area contributed by atoms with Crippen LogP contribution in [0.15, 0.2) is 53.4 Å². The van der Waals surface area contributed by atoms with Crippen LogP contribution < -0.4 is 10.2 Å². The summed E-state index contributed by atoms with van der Waals surface area (Å²) < 4.78 is 13.1. The number of nitrogens with one attached hydrogen (secondary N) is 1. The Balaban J connectivity index is 1.97. The van der Waals surface area contributed by atoms with Gasteiger partial charge in [-0.15, -0.1) is 11.8 Å². The molecule has 0 aliphatic carbocycles. The molecule has 0 aliphatic rings. The smallest absolute Gasteiger partial charge is 0.251 e. The first-order chi connectivity index (χ1) is 11.0. The molecule has 0 aliphatic heterocycles. The van der Waals surface area contributed by atoms with E-state index < -0.39 is 11.7 Å². The Bertz CT molecular complexity index is 721. The van der Waals surface area contributed by atoms with E-state index in [1.807, 2.05) is 30.5 Å². The monoisotopic (exact) mass is 332 g/mol. The number of anilines is 1. The second kappa shape index (κ2) is 7.78. The summed E-state index contributed by atoms with van der Waals surface area (Å²) in [4.78, 5) is 26.6. The molecule has 0 radical (unpaired) electrons. The number of halogens is 1. The maximum absolute atomic E-state index is 13.1. The third-order valence-corrected chi connectivity index (χ3v) is 4.03. The normalized spacial score (nSPS) is 10.2. The van der Waals surface area contributed by atoms with Gasteiger partial charge in [0.1, 0.15) is 5.82 Å². The number of carbonyl (C=O) groups excluding carboxylic acids is 2. The molecule has 4 nitrogen and oxygen atoms in total. The fourth-order valence-electron chi connectivity index (χ4n) is 1.97. The number of likely N-dealkylation sites (N-methyl/N-ethyl adjacent to an activating group) is 1. The standard InChI is InChI=1S/C17H17FN2O2S/c1-20(14-7-4-8-15(10-14)23-2)16(21)11-19-17(22)12-5-3-6-13(18)9-12/h3-10H,11H2,1-2H3,(H,19,22). The van der Waals surface area contributed by atoms with Gasteiger partial charge in [0.2, 0.25) is 5.91 Å². The van der Waals surface area contributed by atoms with Crippen LogP contribution in [0, 0.1) is 5.82 Å². The highest BCUT2D eigenvalue weighted by atomic mass is 32.2. The molecule has 0 atom stereocenters. The molecule has 2 amide bonds. The molecule has 2 aromatic rings. The molecule has 1 N–H and O–H groups in total. The summed E-state index contributed by atoms with van der Waals surface area (Å²) in [5.41, 5.74) is 0.937. The van der Waals surface area contributed by atoms with E-state index in [4.69, 9.17) is 0 Å². The van der Waals surface area contributed by atoms with E-state index in [9.17, 15) is 14.0 Å². The Labute approximate surface area is 138 Å². The predicted molar refractivity (Wildman–Crippen MR) is 90.4 cm³/mol. The predicted octanol–water partition coefficient (Wildman–Crippen LogP) is 2.94. The lowest BCUT2D eigenvalue weighted by Gasteiger charge is -2.18. The van der Waals surface area contributed by atoms with Crippen molar-refractivity contribution in [3.63, 3.8) is 0 Å². The van der Waals surface area contributed by atoms with Crippen molar-refractivity contribution in [2.75, 3.05) is 24.7 Å². The van der Waals surface area contributed by atoms with E-state index in [-0.39, 0.29) is 18.0 Å². The van der Waals surface area contributed by atoms with E-state index in [1.54, 1.807) is 18.8 Å². The number of rotatable bonds is 5. The largest absolute Gasteiger partial charge is 0.343 e. The Hall–Kier alpha value is -2.34. The first kappa shape index (κ1) is 17.0. The van der Waals surface area contributed by atoms with E-state index in [0.29, 0.717) is 0 Å². The average molecular weight is 332 g/mol. The summed E-state index contributed by atoms with van der Waals surface area (Å²) in [6.45, 7) is -0.157. The fraction of sp³-hybridized carbons (Fsp3) is 0.176. The minimum atomic E-state index is -0.491. The van der Waals surface area contributed by atoms with Gasteiger partial charge in [-0.1, -0.05) is 12.1 Å². The van der Waals surface area contributed by atoms with Crippen molar-refractivity contribution in [2.45, 2.75) is 4.90 Å². The lowest BCUT2D eigenvalue weighted by atomic mass is 10.2. The number of amides is 2. The van der Waals surface area contributed by atoms with Gasteiger partial charge in [-0.3, -0.25) is 9.59 Å².